The molecular weight excluding hydrogens is 308 g/mol. The summed E-state index contributed by atoms with van der Waals surface area (Å²) in [6.07, 6.45) is 1.62. The Balaban J connectivity index is 2.01. The van der Waals surface area contributed by atoms with Crippen LogP contribution in [0, 0.1) is 0 Å². The van der Waals surface area contributed by atoms with Gasteiger partial charge in [-0.1, -0.05) is 18.2 Å². The molecule has 0 atom stereocenters. The minimum absolute atomic E-state index is 0.166. The number of thiophene rings is 1. The number of para-hydroxylation sites is 1. The van der Waals surface area contributed by atoms with Crippen LogP contribution in [-0.2, 0) is 16.6 Å². The number of nitrogens with zero attached hydrogens (tertiary/aromatic N) is 1. The average molecular weight is 320 g/mol. The van der Waals surface area contributed by atoms with Crippen LogP contribution < -0.4 is 4.72 Å². The third-order valence-corrected chi connectivity index (χ3v) is 5.81. The van der Waals surface area contributed by atoms with E-state index >= 15 is 0 Å². The highest BCUT2D eigenvalue weighted by Crippen LogP contribution is 2.26. The van der Waals surface area contributed by atoms with Crippen molar-refractivity contribution in [2.75, 3.05) is 4.72 Å². The highest BCUT2D eigenvalue weighted by molar-refractivity contribution is 7.94. The van der Waals surface area contributed by atoms with Gasteiger partial charge in [0, 0.05) is 11.6 Å². The van der Waals surface area contributed by atoms with E-state index in [-0.39, 0.29) is 10.8 Å². The number of fused-ring (bicyclic) bond motifs is 1. The van der Waals surface area contributed by atoms with E-state index in [0.29, 0.717) is 16.8 Å². The van der Waals surface area contributed by atoms with Crippen molar-refractivity contribution in [1.82, 2.24) is 4.98 Å². The number of anilines is 1. The van der Waals surface area contributed by atoms with Crippen LogP contribution in [0.3, 0.4) is 0 Å². The van der Waals surface area contributed by atoms with Crippen molar-refractivity contribution >= 4 is 38.0 Å². The van der Waals surface area contributed by atoms with Crippen molar-refractivity contribution in [3.63, 3.8) is 0 Å². The normalized spacial score (nSPS) is 11.7. The SMILES string of the molecule is O=S(=O)(Nc1cccc2cccnc12)c1cc(CO)cs1. The molecule has 0 radical (unpaired) electrons. The zero-order chi connectivity index (χ0) is 14.9. The Bertz CT molecular complexity index is 883. The molecule has 3 rings (SSSR count). The zero-order valence-corrected chi connectivity index (χ0v) is 12.5. The zero-order valence-electron chi connectivity index (χ0n) is 10.9. The van der Waals surface area contributed by atoms with Gasteiger partial charge in [0.05, 0.1) is 17.8 Å². The van der Waals surface area contributed by atoms with Crippen LogP contribution in [-0.4, -0.2) is 18.5 Å². The van der Waals surface area contributed by atoms with Gasteiger partial charge in [-0.25, -0.2) is 8.42 Å². The van der Waals surface area contributed by atoms with Gasteiger partial charge < -0.3 is 5.11 Å². The number of rotatable bonds is 4. The molecule has 0 saturated heterocycles. The third-order valence-electron chi connectivity index (χ3n) is 2.95. The maximum Gasteiger partial charge on any atom is 0.271 e. The van der Waals surface area contributed by atoms with Gasteiger partial charge in [0.1, 0.15) is 4.21 Å². The van der Waals surface area contributed by atoms with Crippen LogP contribution in [0.4, 0.5) is 5.69 Å². The van der Waals surface area contributed by atoms with Crippen LogP contribution in [0.2, 0.25) is 0 Å². The van der Waals surface area contributed by atoms with E-state index in [1.54, 1.807) is 29.8 Å². The lowest BCUT2D eigenvalue weighted by molar-refractivity contribution is 0.282. The van der Waals surface area contributed by atoms with E-state index in [4.69, 9.17) is 5.11 Å². The van der Waals surface area contributed by atoms with Crippen molar-refractivity contribution in [2.24, 2.45) is 0 Å². The van der Waals surface area contributed by atoms with Gasteiger partial charge in [-0.15, -0.1) is 11.3 Å². The number of nitrogens with one attached hydrogen (secondary N) is 1. The highest BCUT2D eigenvalue weighted by atomic mass is 32.2. The van der Waals surface area contributed by atoms with Crippen molar-refractivity contribution in [1.29, 1.82) is 0 Å². The topological polar surface area (TPSA) is 79.3 Å². The summed E-state index contributed by atoms with van der Waals surface area (Å²) in [5.41, 5.74) is 1.62. The molecule has 2 N–H and O–H groups in total. The van der Waals surface area contributed by atoms with E-state index in [2.05, 4.69) is 9.71 Å². The van der Waals surface area contributed by atoms with Gasteiger partial charge >= 0.3 is 0 Å². The molecule has 0 unspecified atom stereocenters. The molecule has 1 aromatic carbocycles. The van der Waals surface area contributed by atoms with Crippen LogP contribution in [0.25, 0.3) is 10.9 Å². The van der Waals surface area contributed by atoms with Crippen molar-refractivity contribution < 1.29 is 13.5 Å². The lowest BCUT2D eigenvalue weighted by Crippen LogP contribution is -2.12. The lowest BCUT2D eigenvalue weighted by Gasteiger charge is -2.08. The number of benzene rings is 1. The Morgan fingerprint density at radius 3 is 2.81 bits per heavy atom. The molecule has 0 fully saturated rings. The molecule has 2 heterocycles. The molecule has 0 spiro atoms. The quantitative estimate of drug-likeness (QED) is 0.774. The second kappa shape index (κ2) is 5.44. The molecule has 0 amide bonds. The van der Waals surface area contributed by atoms with E-state index in [9.17, 15) is 8.42 Å². The molecule has 2 aromatic heterocycles. The van der Waals surface area contributed by atoms with E-state index < -0.39 is 10.0 Å². The lowest BCUT2D eigenvalue weighted by atomic mass is 10.2. The standard InChI is InChI=1S/C14H12N2O3S2/c17-8-10-7-13(20-9-10)21(18,19)16-12-5-1-3-11-4-2-6-15-14(11)12/h1-7,9,16-17H,8H2. The summed E-state index contributed by atoms with van der Waals surface area (Å²) in [6.45, 7) is -0.179. The predicted molar refractivity (Wildman–Crippen MR) is 82.8 cm³/mol. The summed E-state index contributed by atoms with van der Waals surface area (Å²) < 4.78 is 27.4. The molecule has 0 saturated carbocycles. The Hall–Kier alpha value is -1.96. The van der Waals surface area contributed by atoms with Crippen molar-refractivity contribution in [3.8, 4) is 0 Å². The van der Waals surface area contributed by atoms with Gasteiger partial charge in [-0.2, -0.15) is 0 Å². The monoisotopic (exact) mass is 320 g/mol. The maximum absolute atomic E-state index is 12.4. The van der Waals surface area contributed by atoms with Crippen LogP contribution in [0.1, 0.15) is 5.56 Å². The maximum atomic E-state index is 12.4. The summed E-state index contributed by atoms with van der Waals surface area (Å²) in [6, 6.07) is 10.5. The van der Waals surface area contributed by atoms with Crippen LogP contribution in [0.5, 0.6) is 0 Å². The number of aromatic nitrogens is 1. The summed E-state index contributed by atoms with van der Waals surface area (Å²) in [5.74, 6) is 0. The fourth-order valence-corrected chi connectivity index (χ4v) is 4.23. The molecule has 3 aromatic rings. The Kier molecular flexibility index (Phi) is 3.62. The largest absolute Gasteiger partial charge is 0.392 e. The first kappa shape index (κ1) is 14.0. The molecule has 0 aliphatic carbocycles. The van der Waals surface area contributed by atoms with Crippen molar-refractivity contribution in [2.45, 2.75) is 10.8 Å². The molecule has 0 bridgehead atoms. The van der Waals surface area contributed by atoms with Gasteiger partial charge in [-0.3, -0.25) is 9.71 Å². The number of aliphatic hydroxyl groups is 1. The number of aliphatic hydroxyl groups excluding tert-OH is 1. The first-order valence-electron chi connectivity index (χ1n) is 6.15. The van der Waals surface area contributed by atoms with Gasteiger partial charge in [0.2, 0.25) is 0 Å². The number of hydrogen-bond donors (Lipinski definition) is 2. The van der Waals surface area contributed by atoms with Gasteiger partial charge in [-0.05, 0) is 29.1 Å². The first-order chi connectivity index (χ1) is 10.1. The van der Waals surface area contributed by atoms with E-state index in [1.807, 2.05) is 12.1 Å². The molecule has 108 valence electrons. The molecule has 0 aliphatic rings. The van der Waals surface area contributed by atoms with E-state index in [0.717, 1.165) is 16.7 Å². The summed E-state index contributed by atoms with van der Waals surface area (Å²) >= 11 is 1.07. The second-order valence-electron chi connectivity index (χ2n) is 4.42. The Morgan fingerprint density at radius 1 is 1.24 bits per heavy atom. The average Bonchev–Trinajstić information content (AvgIpc) is 2.97. The summed E-state index contributed by atoms with van der Waals surface area (Å²) in [5, 5.41) is 11.5. The van der Waals surface area contributed by atoms with E-state index in [1.165, 1.54) is 6.07 Å². The third kappa shape index (κ3) is 2.76. The van der Waals surface area contributed by atoms with Crippen molar-refractivity contribution in [3.05, 3.63) is 53.5 Å². The summed E-state index contributed by atoms with van der Waals surface area (Å²) in [7, 11) is -3.68. The summed E-state index contributed by atoms with van der Waals surface area (Å²) in [4.78, 5) is 4.22. The predicted octanol–water partition coefficient (Wildman–Crippen LogP) is 2.59. The Labute approximate surface area is 125 Å². The van der Waals surface area contributed by atoms with Crippen LogP contribution >= 0.6 is 11.3 Å². The molecule has 0 aliphatic heterocycles. The van der Waals surface area contributed by atoms with Crippen LogP contribution in [0.15, 0.2) is 52.2 Å². The fraction of sp³-hybridized carbons (Fsp3) is 0.0714. The molecule has 5 nitrogen and oxygen atoms in total. The number of pyridine rings is 1. The number of hydrogen-bond acceptors (Lipinski definition) is 5. The highest BCUT2D eigenvalue weighted by Gasteiger charge is 2.18. The minimum Gasteiger partial charge on any atom is -0.392 e. The van der Waals surface area contributed by atoms with Gasteiger partial charge in [0.15, 0.2) is 0 Å². The smallest absolute Gasteiger partial charge is 0.271 e. The molecule has 7 heteroatoms. The first-order valence-corrected chi connectivity index (χ1v) is 8.51. The molecule has 21 heavy (non-hydrogen) atoms. The fourth-order valence-electron chi connectivity index (χ4n) is 1.96. The number of sulfonamides is 1. The van der Waals surface area contributed by atoms with Gasteiger partial charge in [0.25, 0.3) is 10.0 Å². The second-order valence-corrected chi connectivity index (χ2v) is 7.24. The Morgan fingerprint density at radius 2 is 2.05 bits per heavy atom. The minimum atomic E-state index is -3.68. The molecular formula is C14H12N2O3S2.